The Morgan fingerprint density at radius 3 is 2.96 bits per heavy atom. The largest absolute Gasteiger partial charge is 0.492 e. The number of nitrogens with one attached hydrogen (secondary N) is 1. The Balaban J connectivity index is 1.29. The second-order valence-electron chi connectivity index (χ2n) is 6.15. The van der Waals surface area contributed by atoms with Crippen molar-refractivity contribution in [3.8, 4) is 5.75 Å². The van der Waals surface area contributed by atoms with Gasteiger partial charge in [-0.3, -0.25) is 4.79 Å². The molecule has 1 aliphatic rings. The molecule has 0 saturated carbocycles. The Hall–Kier alpha value is -3.15. The van der Waals surface area contributed by atoms with Gasteiger partial charge in [0.15, 0.2) is 0 Å². The van der Waals surface area contributed by atoms with Gasteiger partial charge in [0.2, 0.25) is 0 Å². The molecule has 2 aromatic carbocycles. The zero-order valence-electron chi connectivity index (χ0n) is 14.2. The van der Waals surface area contributed by atoms with Crippen molar-refractivity contribution in [2.24, 2.45) is 5.92 Å². The molecule has 0 unspecified atom stereocenters. The van der Waals surface area contributed by atoms with Crippen LogP contribution in [-0.4, -0.2) is 35.7 Å². The van der Waals surface area contributed by atoms with Crippen LogP contribution in [0.25, 0.3) is 10.9 Å². The lowest BCUT2D eigenvalue weighted by molar-refractivity contribution is -0.149. The molecule has 2 heterocycles. The highest BCUT2D eigenvalue weighted by Gasteiger charge is 2.26. The van der Waals surface area contributed by atoms with E-state index in [4.69, 9.17) is 9.47 Å². The minimum absolute atomic E-state index is 0.228. The van der Waals surface area contributed by atoms with Crippen LogP contribution in [0.2, 0.25) is 0 Å². The Kier molecular flexibility index (Phi) is 4.64. The third-order valence-corrected chi connectivity index (χ3v) is 4.39. The lowest BCUT2D eigenvalue weighted by Crippen LogP contribution is -2.30. The summed E-state index contributed by atoms with van der Waals surface area (Å²) in [7, 11) is 0. The lowest BCUT2D eigenvalue weighted by atomic mass is 9.97. The van der Waals surface area contributed by atoms with E-state index in [1.54, 1.807) is 0 Å². The molecule has 132 valence electrons. The maximum Gasteiger partial charge on any atom is 0.312 e. The standard InChI is InChI=1S/C20H19N3O3/c24-20(15-11-14-5-1-4-8-18(14)26-12-15)25-10-9-21-19-16-6-2-3-7-17(16)22-13-23-19/h1-8,13,15H,9-12H2,(H,21,22,23)/t15-/m0/s1. The van der Waals surface area contributed by atoms with Crippen LogP contribution in [0.1, 0.15) is 5.56 Å². The molecular weight excluding hydrogens is 330 g/mol. The first-order valence-electron chi connectivity index (χ1n) is 8.62. The predicted molar refractivity (Wildman–Crippen MR) is 98.1 cm³/mol. The van der Waals surface area contributed by atoms with Gasteiger partial charge in [-0.25, -0.2) is 9.97 Å². The number of carbonyl (C=O) groups is 1. The molecular formula is C20H19N3O3. The van der Waals surface area contributed by atoms with Crippen molar-refractivity contribution < 1.29 is 14.3 Å². The highest BCUT2D eigenvalue weighted by molar-refractivity contribution is 5.88. The number of fused-ring (bicyclic) bond motifs is 2. The zero-order chi connectivity index (χ0) is 17.8. The Morgan fingerprint density at radius 2 is 2.00 bits per heavy atom. The summed E-state index contributed by atoms with van der Waals surface area (Å²) in [6.45, 7) is 1.12. The van der Waals surface area contributed by atoms with Crippen molar-refractivity contribution >= 4 is 22.7 Å². The lowest BCUT2D eigenvalue weighted by Gasteiger charge is -2.23. The number of anilines is 1. The van der Waals surface area contributed by atoms with Crippen LogP contribution >= 0.6 is 0 Å². The summed E-state index contributed by atoms with van der Waals surface area (Å²) in [6, 6.07) is 15.6. The van der Waals surface area contributed by atoms with Crippen molar-refractivity contribution in [1.82, 2.24) is 9.97 Å². The third-order valence-electron chi connectivity index (χ3n) is 4.39. The molecule has 26 heavy (non-hydrogen) atoms. The topological polar surface area (TPSA) is 73.3 Å². The Labute approximate surface area is 151 Å². The van der Waals surface area contributed by atoms with Crippen LogP contribution < -0.4 is 10.1 Å². The number of rotatable bonds is 5. The van der Waals surface area contributed by atoms with Gasteiger partial charge < -0.3 is 14.8 Å². The monoisotopic (exact) mass is 349 g/mol. The van der Waals surface area contributed by atoms with E-state index in [0.717, 1.165) is 28.0 Å². The summed E-state index contributed by atoms with van der Waals surface area (Å²) in [5.41, 5.74) is 1.92. The number of carbonyl (C=O) groups excluding carboxylic acids is 1. The fourth-order valence-electron chi connectivity index (χ4n) is 3.06. The Bertz CT molecular complexity index is 924. The highest BCUT2D eigenvalue weighted by atomic mass is 16.5. The molecule has 3 aromatic rings. The van der Waals surface area contributed by atoms with Crippen molar-refractivity contribution in [2.75, 3.05) is 25.1 Å². The summed E-state index contributed by atoms with van der Waals surface area (Å²) in [5, 5.41) is 4.15. The maximum atomic E-state index is 12.3. The number of ether oxygens (including phenoxy) is 2. The average molecular weight is 349 g/mol. The molecule has 1 atom stereocenters. The fourth-order valence-corrected chi connectivity index (χ4v) is 3.06. The van der Waals surface area contributed by atoms with Crippen LogP contribution in [0.4, 0.5) is 5.82 Å². The van der Waals surface area contributed by atoms with E-state index in [-0.39, 0.29) is 18.5 Å². The van der Waals surface area contributed by atoms with Gasteiger partial charge in [-0.1, -0.05) is 30.3 Å². The van der Waals surface area contributed by atoms with Crippen molar-refractivity contribution in [2.45, 2.75) is 6.42 Å². The van der Waals surface area contributed by atoms with Gasteiger partial charge >= 0.3 is 5.97 Å². The molecule has 4 rings (SSSR count). The van der Waals surface area contributed by atoms with Gasteiger partial charge in [-0.2, -0.15) is 0 Å². The molecule has 0 amide bonds. The van der Waals surface area contributed by atoms with E-state index >= 15 is 0 Å². The molecule has 0 bridgehead atoms. The highest BCUT2D eigenvalue weighted by Crippen LogP contribution is 2.27. The summed E-state index contributed by atoms with van der Waals surface area (Å²) < 4.78 is 11.1. The van der Waals surface area contributed by atoms with Gasteiger partial charge in [0.1, 0.15) is 31.1 Å². The first-order valence-corrected chi connectivity index (χ1v) is 8.62. The van der Waals surface area contributed by atoms with E-state index < -0.39 is 0 Å². The van der Waals surface area contributed by atoms with E-state index in [9.17, 15) is 4.79 Å². The second-order valence-corrected chi connectivity index (χ2v) is 6.15. The smallest absolute Gasteiger partial charge is 0.312 e. The second kappa shape index (κ2) is 7.39. The molecule has 1 N–H and O–H groups in total. The summed E-state index contributed by atoms with van der Waals surface area (Å²) >= 11 is 0. The van der Waals surface area contributed by atoms with Crippen LogP contribution in [0, 0.1) is 5.92 Å². The number of hydrogen-bond donors (Lipinski definition) is 1. The molecule has 0 radical (unpaired) electrons. The molecule has 0 spiro atoms. The van der Waals surface area contributed by atoms with Crippen LogP contribution in [0.15, 0.2) is 54.9 Å². The normalized spacial score (nSPS) is 15.8. The van der Waals surface area contributed by atoms with E-state index in [1.807, 2.05) is 48.5 Å². The molecule has 0 saturated heterocycles. The first kappa shape index (κ1) is 16.3. The van der Waals surface area contributed by atoms with Crippen LogP contribution in [0.5, 0.6) is 5.75 Å². The third kappa shape index (κ3) is 3.44. The molecule has 1 aliphatic heterocycles. The SMILES string of the molecule is O=C(OCCNc1ncnc2ccccc12)[C@@H]1COc2ccccc2C1. The molecule has 6 heteroatoms. The number of hydrogen-bond acceptors (Lipinski definition) is 6. The number of benzene rings is 2. The zero-order valence-corrected chi connectivity index (χ0v) is 14.2. The van der Waals surface area contributed by atoms with Crippen molar-refractivity contribution in [3.63, 3.8) is 0 Å². The molecule has 1 aromatic heterocycles. The van der Waals surface area contributed by atoms with Gasteiger partial charge in [0.25, 0.3) is 0 Å². The van der Waals surface area contributed by atoms with Gasteiger partial charge in [-0.15, -0.1) is 0 Å². The number of esters is 1. The van der Waals surface area contributed by atoms with Crippen LogP contribution in [-0.2, 0) is 16.0 Å². The molecule has 6 nitrogen and oxygen atoms in total. The minimum atomic E-state index is -0.259. The Morgan fingerprint density at radius 1 is 1.15 bits per heavy atom. The minimum Gasteiger partial charge on any atom is -0.492 e. The molecule has 0 aliphatic carbocycles. The number of para-hydroxylation sites is 2. The van der Waals surface area contributed by atoms with Crippen LogP contribution in [0.3, 0.4) is 0 Å². The van der Waals surface area contributed by atoms with E-state index in [0.29, 0.717) is 19.6 Å². The fraction of sp³-hybridized carbons (Fsp3) is 0.250. The number of nitrogens with zero attached hydrogens (tertiary/aromatic N) is 2. The van der Waals surface area contributed by atoms with E-state index in [1.165, 1.54) is 6.33 Å². The van der Waals surface area contributed by atoms with Crippen molar-refractivity contribution in [3.05, 3.63) is 60.4 Å². The van der Waals surface area contributed by atoms with Gasteiger partial charge in [-0.05, 0) is 30.2 Å². The molecule has 0 fully saturated rings. The van der Waals surface area contributed by atoms with Crippen molar-refractivity contribution in [1.29, 1.82) is 0 Å². The quantitative estimate of drug-likeness (QED) is 0.564. The van der Waals surface area contributed by atoms with Gasteiger partial charge in [0.05, 0.1) is 18.0 Å². The summed E-state index contributed by atoms with van der Waals surface area (Å²) in [6.07, 6.45) is 2.17. The summed E-state index contributed by atoms with van der Waals surface area (Å²) in [5.74, 6) is 1.11. The average Bonchev–Trinajstić information content (AvgIpc) is 2.70. The summed E-state index contributed by atoms with van der Waals surface area (Å²) in [4.78, 5) is 20.8. The maximum absolute atomic E-state index is 12.3. The number of aromatic nitrogens is 2. The van der Waals surface area contributed by atoms with Gasteiger partial charge in [0, 0.05) is 5.39 Å². The van der Waals surface area contributed by atoms with E-state index in [2.05, 4.69) is 15.3 Å². The first-order chi connectivity index (χ1) is 12.8. The predicted octanol–water partition coefficient (Wildman–Crippen LogP) is 2.84.